The number of nitrogens with zero attached hydrogens (tertiary/aromatic N) is 1. The van der Waals surface area contributed by atoms with Gasteiger partial charge < -0.3 is 43.4 Å². The van der Waals surface area contributed by atoms with E-state index in [0.717, 1.165) is 0 Å². The third-order valence-corrected chi connectivity index (χ3v) is 4.65. The molecule has 0 saturated carbocycles. The average Bonchev–Trinajstić information content (AvgIpc) is 2.70. The van der Waals surface area contributed by atoms with Gasteiger partial charge in [-0.3, -0.25) is 19.4 Å². The molecule has 0 aliphatic carbocycles. The third-order valence-electron chi connectivity index (χ3n) is 4.65. The molecule has 0 radical (unpaired) electrons. The van der Waals surface area contributed by atoms with Gasteiger partial charge in [-0.15, -0.1) is 0 Å². The highest BCUT2D eigenvalue weighted by Gasteiger charge is 2.31. The molecule has 4 atom stereocenters. The van der Waals surface area contributed by atoms with Crippen molar-refractivity contribution in [3.63, 3.8) is 0 Å². The van der Waals surface area contributed by atoms with Crippen LogP contribution in [0.4, 0.5) is 0 Å². The zero-order valence-electron chi connectivity index (χ0n) is 19.0. The summed E-state index contributed by atoms with van der Waals surface area (Å²) in [6.45, 7) is 6.15. The van der Waals surface area contributed by atoms with Gasteiger partial charge in [-0.25, -0.2) is 4.79 Å². The lowest BCUT2D eigenvalue weighted by Crippen LogP contribution is -2.58. The van der Waals surface area contributed by atoms with Gasteiger partial charge in [-0.1, -0.05) is 27.7 Å². The number of aliphatic carboxylic acids is 1. The number of carbonyl (C=O) groups is 4. The predicted molar refractivity (Wildman–Crippen MR) is 118 cm³/mol. The second-order valence-corrected chi connectivity index (χ2v) is 8.09. The van der Waals surface area contributed by atoms with E-state index in [1.807, 2.05) is 0 Å². The largest absolute Gasteiger partial charge is 0.480 e. The van der Waals surface area contributed by atoms with Gasteiger partial charge in [0.05, 0.1) is 12.6 Å². The molecule has 0 rings (SSSR count). The monoisotopic (exact) mass is 459 g/mol. The lowest BCUT2D eigenvalue weighted by molar-refractivity contribution is -0.143. The highest BCUT2D eigenvalue weighted by Crippen LogP contribution is 2.06. The molecule has 0 heterocycles. The first-order valence-electron chi connectivity index (χ1n) is 10.4. The average molecular weight is 460 g/mol. The normalized spacial score (nSPS) is 14.8. The Bertz CT molecular complexity index is 679. The van der Waals surface area contributed by atoms with Crippen molar-refractivity contribution in [2.75, 3.05) is 13.2 Å². The second kappa shape index (κ2) is 14.2. The highest BCUT2D eigenvalue weighted by molar-refractivity contribution is 5.94. The van der Waals surface area contributed by atoms with Crippen LogP contribution in [0.15, 0.2) is 4.99 Å². The van der Waals surface area contributed by atoms with E-state index in [4.69, 9.17) is 17.2 Å². The summed E-state index contributed by atoms with van der Waals surface area (Å²) in [4.78, 5) is 52.7. The molecule has 3 amide bonds. The Balaban J connectivity index is 5.39. The summed E-state index contributed by atoms with van der Waals surface area (Å²) in [6, 6.07) is -4.56. The smallest absolute Gasteiger partial charge is 0.326 e. The van der Waals surface area contributed by atoms with E-state index in [0.29, 0.717) is 6.42 Å². The molecule has 0 bridgehead atoms. The Kier molecular flexibility index (Phi) is 12.9. The van der Waals surface area contributed by atoms with E-state index >= 15 is 0 Å². The third kappa shape index (κ3) is 10.4. The van der Waals surface area contributed by atoms with E-state index in [-0.39, 0.29) is 24.8 Å². The number of guanidine groups is 1. The molecule has 0 spiro atoms. The van der Waals surface area contributed by atoms with Gasteiger partial charge in [0, 0.05) is 6.54 Å². The lowest BCUT2D eigenvalue weighted by Gasteiger charge is -2.25. The van der Waals surface area contributed by atoms with Gasteiger partial charge in [0.1, 0.15) is 18.1 Å². The van der Waals surface area contributed by atoms with Crippen molar-refractivity contribution in [2.45, 2.75) is 64.7 Å². The molecule has 184 valence electrons. The minimum absolute atomic E-state index is 0.0798. The molecule has 13 heteroatoms. The maximum atomic E-state index is 12.7. The molecule has 0 aliphatic rings. The van der Waals surface area contributed by atoms with Crippen LogP contribution in [0.3, 0.4) is 0 Å². The van der Waals surface area contributed by atoms with Crippen LogP contribution in [0.1, 0.15) is 40.5 Å². The van der Waals surface area contributed by atoms with Crippen LogP contribution in [0.25, 0.3) is 0 Å². The first-order valence-corrected chi connectivity index (χ1v) is 10.4. The molecule has 0 saturated heterocycles. The number of rotatable bonds is 14. The number of carbonyl (C=O) groups excluding carboxylic acids is 3. The molecule has 0 aromatic carbocycles. The van der Waals surface area contributed by atoms with Crippen molar-refractivity contribution < 1.29 is 29.4 Å². The van der Waals surface area contributed by atoms with Crippen LogP contribution < -0.4 is 33.2 Å². The Morgan fingerprint density at radius 2 is 1.41 bits per heavy atom. The predicted octanol–water partition coefficient (Wildman–Crippen LogP) is -2.79. The summed E-state index contributed by atoms with van der Waals surface area (Å²) < 4.78 is 0. The van der Waals surface area contributed by atoms with E-state index < -0.39 is 60.4 Å². The Morgan fingerprint density at radius 1 is 0.875 bits per heavy atom. The Morgan fingerprint density at radius 3 is 1.84 bits per heavy atom. The highest BCUT2D eigenvalue weighted by atomic mass is 16.4. The number of carboxylic acid groups (broad SMARTS) is 1. The first kappa shape index (κ1) is 29.1. The molecule has 13 nitrogen and oxygen atoms in total. The van der Waals surface area contributed by atoms with Crippen LogP contribution >= 0.6 is 0 Å². The molecule has 32 heavy (non-hydrogen) atoms. The summed E-state index contributed by atoms with van der Waals surface area (Å²) in [6.07, 6.45) is 0.375. The SMILES string of the molecule is CC(C)C(N)C(=O)NC(CO)C(=O)NC(CCCN=C(N)N)C(=O)NC(C(=O)O)C(C)C. The molecular weight excluding hydrogens is 422 g/mol. The molecule has 0 aromatic rings. The van der Waals surface area contributed by atoms with E-state index in [1.165, 1.54) is 0 Å². The minimum Gasteiger partial charge on any atom is -0.480 e. The van der Waals surface area contributed by atoms with Crippen molar-refractivity contribution in [1.82, 2.24) is 16.0 Å². The van der Waals surface area contributed by atoms with E-state index in [1.54, 1.807) is 27.7 Å². The molecular formula is C19H37N7O6. The fraction of sp³-hybridized carbons (Fsp3) is 0.737. The molecule has 0 fully saturated rings. The first-order chi connectivity index (χ1) is 14.8. The zero-order chi connectivity index (χ0) is 25.0. The fourth-order valence-electron chi connectivity index (χ4n) is 2.58. The van der Waals surface area contributed by atoms with Crippen molar-refractivity contribution in [3.05, 3.63) is 0 Å². The number of hydrogen-bond donors (Lipinski definition) is 8. The van der Waals surface area contributed by atoms with Crippen molar-refractivity contribution >= 4 is 29.7 Å². The van der Waals surface area contributed by atoms with E-state index in [2.05, 4.69) is 20.9 Å². The molecule has 0 aromatic heterocycles. The zero-order valence-corrected chi connectivity index (χ0v) is 19.0. The van der Waals surface area contributed by atoms with Crippen LogP contribution in [0.5, 0.6) is 0 Å². The number of carboxylic acids is 1. The number of nitrogens with two attached hydrogens (primary N) is 3. The Hall–Kier alpha value is -2.93. The van der Waals surface area contributed by atoms with Crippen molar-refractivity contribution in [3.8, 4) is 0 Å². The Labute approximate surface area is 187 Å². The number of aliphatic hydroxyl groups is 1. The lowest BCUT2D eigenvalue weighted by atomic mass is 10.0. The second-order valence-electron chi connectivity index (χ2n) is 8.09. The summed E-state index contributed by atoms with van der Waals surface area (Å²) in [5.74, 6) is -4.14. The topological polar surface area (TPSA) is 235 Å². The van der Waals surface area contributed by atoms with Gasteiger partial charge in [0.15, 0.2) is 5.96 Å². The van der Waals surface area contributed by atoms with Crippen LogP contribution in [0, 0.1) is 11.8 Å². The summed E-state index contributed by atoms with van der Waals surface area (Å²) >= 11 is 0. The molecule has 11 N–H and O–H groups in total. The van der Waals surface area contributed by atoms with Crippen molar-refractivity contribution in [1.29, 1.82) is 0 Å². The number of aliphatic imine (C=N–C) groups is 1. The van der Waals surface area contributed by atoms with Gasteiger partial charge in [0.2, 0.25) is 17.7 Å². The van der Waals surface area contributed by atoms with Gasteiger partial charge in [0.25, 0.3) is 0 Å². The van der Waals surface area contributed by atoms with Crippen LogP contribution in [-0.4, -0.2) is 77.2 Å². The van der Waals surface area contributed by atoms with Gasteiger partial charge >= 0.3 is 5.97 Å². The van der Waals surface area contributed by atoms with Gasteiger partial charge in [-0.2, -0.15) is 0 Å². The van der Waals surface area contributed by atoms with Crippen molar-refractivity contribution in [2.24, 2.45) is 34.0 Å². The number of amides is 3. The summed E-state index contributed by atoms with van der Waals surface area (Å²) in [5, 5.41) is 26.0. The maximum Gasteiger partial charge on any atom is 0.326 e. The van der Waals surface area contributed by atoms with Gasteiger partial charge in [-0.05, 0) is 24.7 Å². The van der Waals surface area contributed by atoms with Crippen LogP contribution in [0.2, 0.25) is 0 Å². The standard InChI is InChI=1S/C19H37N7O6/c1-9(2)13(20)17(30)25-12(8-27)16(29)24-11(6-5-7-23-19(21)22)15(28)26-14(10(3)4)18(31)32/h9-14,27H,5-8,20H2,1-4H3,(H,24,29)(H,25,30)(H,26,28)(H,31,32)(H4,21,22,23). The number of nitrogens with one attached hydrogen (secondary N) is 3. The molecule has 0 aliphatic heterocycles. The maximum absolute atomic E-state index is 12.7. The quantitative estimate of drug-likeness (QED) is 0.0760. The summed E-state index contributed by atoms with van der Waals surface area (Å²) in [7, 11) is 0. The number of hydrogen-bond acceptors (Lipinski definition) is 7. The molecule has 4 unspecified atom stereocenters. The van der Waals surface area contributed by atoms with Crippen LogP contribution in [-0.2, 0) is 19.2 Å². The minimum atomic E-state index is -1.35. The fourth-order valence-corrected chi connectivity index (χ4v) is 2.58. The van der Waals surface area contributed by atoms with E-state index in [9.17, 15) is 29.4 Å². The summed E-state index contributed by atoms with van der Waals surface area (Å²) in [5.41, 5.74) is 16.3. The number of aliphatic hydroxyl groups excluding tert-OH is 1.